The van der Waals surface area contributed by atoms with Gasteiger partial charge in [0.15, 0.2) is 0 Å². The number of aryl methyl sites for hydroxylation is 3. The summed E-state index contributed by atoms with van der Waals surface area (Å²) in [6, 6.07) is 13.9. The second kappa shape index (κ2) is 8.52. The van der Waals surface area contributed by atoms with Crippen LogP contribution in [0, 0.1) is 0 Å². The van der Waals surface area contributed by atoms with Crippen LogP contribution in [0.25, 0.3) is 0 Å². The summed E-state index contributed by atoms with van der Waals surface area (Å²) in [6.07, 6.45) is 8.76. The number of rotatable bonds is 6. The number of carbonyl (C=O) groups excluding carboxylic acids is 1. The Hall–Kier alpha value is -3.08. The van der Waals surface area contributed by atoms with Gasteiger partial charge < -0.3 is 14.6 Å². The first kappa shape index (κ1) is 19.2. The molecule has 1 aliphatic carbocycles. The molecule has 5 heteroatoms. The second-order valence-corrected chi connectivity index (χ2v) is 7.66. The van der Waals surface area contributed by atoms with Gasteiger partial charge in [0.25, 0.3) is 0 Å². The largest absolute Gasteiger partial charge is 0.497 e. The van der Waals surface area contributed by atoms with Crippen LogP contribution < -0.4 is 10.1 Å². The molecule has 0 saturated heterocycles. The summed E-state index contributed by atoms with van der Waals surface area (Å²) in [5.41, 5.74) is 4.84. The van der Waals surface area contributed by atoms with Crippen LogP contribution in [0.1, 0.15) is 47.0 Å². The number of imidazole rings is 1. The maximum absolute atomic E-state index is 12.9. The van der Waals surface area contributed by atoms with Gasteiger partial charge in [-0.05, 0) is 60.1 Å². The number of benzene rings is 2. The van der Waals surface area contributed by atoms with Gasteiger partial charge in [0.1, 0.15) is 17.6 Å². The lowest BCUT2D eigenvalue weighted by molar-refractivity contribution is -0.121. The molecule has 0 radical (unpaired) electrons. The van der Waals surface area contributed by atoms with E-state index in [0.29, 0.717) is 6.42 Å². The predicted molar refractivity (Wildman–Crippen MR) is 113 cm³/mol. The smallest absolute Gasteiger partial charge is 0.225 e. The summed E-state index contributed by atoms with van der Waals surface area (Å²) in [4.78, 5) is 17.4. The van der Waals surface area contributed by atoms with E-state index in [1.165, 1.54) is 24.0 Å². The Balaban J connectivity index is 1.56. The molecule has 1 aliphatic rings. The Labute approximate surface area is 171 Å². The van der Waals surface area contributed by atoms with Crippen molar-refractivity contribution in [3.05, 3.63) is 82.9 Å². The molecule has 1 heterocycles. The quantitative estimate of drug-likeness (QED) is 0.698. The first-order valence-corrected chi connectivity index (χ1v) is 10.2. The van der Waals surface area contributed by atoms with Crippen LogP contribution in [0.4, 0.5) is 0 Å². The molecule has 5 nitrogen and oxygen atoms in total. The van der Waals surface area contributed by atoms with Crippen molar-refractivity contribution < 1.29 is 9.53 Å². The molecule has 0 saturated carbocycles. The summed E-state index contributed by atoms with van der Waals surface area (Å²) in [7, 11) is 3.58. The molecule has 150 valence electrons. The average Bonchev–Trinajstić information content (AvgIpc) is 3.17. The van der Waals surface area contributed by atoms with Crippen molar-refractivity contribution in [1.82, 2.24) is 14.9 Å². The maximum atomic E-state index is 12.9. The molecule has 1 amide bonds. The van der Waals surface area contributed by atoms with E-state index in [0.717, 1.165) is 35.5 Å². The van der Waals surface area contributed by atoms with E-state index in [9.17, 15) is 4.79 Å². The number of hydrogen-bond donors (Lipinski definition) is 1. The zero-order chi connectivity index (χ0) is 20.2. The van der Waals surface area contributed by atoms with Gasteiger partial charge in [0.05, 0.1) is 13.5 Å². The van der Waals surface area contributed by atoms with Crippen LogP contribution >= 0.6 is 0 Å². The SMILES string of the molecule is COc1cccc([C@H](NC(=O)Cc2ccc3c(c2)CCCC3)c2nccn2C)c1. The highest BCUT2D eigenvalue weighted by Crippen LogP contribution is 2.25. The van der Waals surface area contributed by atoms with Crippen LogP contribution in [0.3, 0.4) is 0 Å². The number of amides is 1. The van der Waals surface area contributed by atoms with Crippen LogP contribution in [0.15, 0.2) is 54.9 Å². The van der Waals surface area contributed by atoms with Gasteiger partial charge in [-0.3, -0.25) is 4.79 Å². The van der Waals surface area contributed by atoms with Crippen molar-refractivity contribution in [3.8, 4) is 5.75 Å². The summed E-state index contributed by atoms with van der Waals surface area (Å²) in [5, 5.41) is 3.18. The van der Waals surface area contributed by atoms with Crippen LogP contribution in [-0.2, 0) is 31.1 Å². The van der Waals surface area contributed by atoms with Crippen LogP contribution in [0.5, 0.6) is 5.75 Å². The third kappa shape index (κ3) is 4.34. The summed E-state index contributed by atoms with van der Waals surface area (Å²) >= 11 is 0. The average molecular weight is 389 g/mol. The topological polar surface area (TPSA) is 56.1 Å². The summed E-state index contributed by atoms with van der Waals surface area (Å²) in [5.74, 6) is 1.53. The minimum atomic E-state index is -0.338. The molecule has 4 rings (SSSR count). The zero-order valence-electron chi connectivity index (χ0n) is 17.0. The van der Waals surface area contributed by atoms with Gasteiger partial charge in [0, 0.05) is 19.4 Å². The number of methoxy groups -OCH3 is 1. The molecule has 1 atom stereocenters. The fourth-order valence-corrected chi connectivity index (χ4v) is 4.07. The van der Waals surface area contributed by atoms with Gasteiger partial charge in [-0.1, -0.05) is 30.3 Å². The molecule has 2 aromatic carbocycles. The van der Waals surface area contributed by atoms with Gasteiger partial charge in [-0.15, -0.1) is 0 Å². The highest BCUT2D eigenvalue weighted by atomic mass is 16.5. The normalized spacial score (nSPS) is 14.1. The van der Waals surface area contributed by atoms with E-state index < -0.39 is 0 Å². The molecule has 3 aromatic rings. The Morgan fingerprint density at radius 1 is 1.17 bits per heavy atom. The van der Waals surface area contributed by atoms with E-state index in [2.05, 4.69) is 28.5 Å². The minimum Gasteiger partial charge on any atom is -0.497 e. The number of ether oxygens (including phenoxy) is 1. The molecule has 0 bridgehead atoms. The van der Waals surface area contributed by atoms with Crippen LogP contribution in [0.2, 0.25) is 0 Å². The number of carbonyl (C=O) groups is 1. The lowest BCUT2D eigenvalue weighted by Gasteiger charge is -2.20. The fraction of sp³-hybridized carbons (Fsp3) is 0.333. The molecule has 0 fully saturated rings. The lowest BCUT2D eigenvalue weighted by Crippen LogP contribution is -2.32. The van der Waals surface area contributed by atoms with Crippen molar-refractivity contribution in [2.45, 2.75) is 38.1 Å². The Kier molecular flexibility index (Phi) is 5.65. The molecule has 29 heavy (non-hydrogen) atoms. The van der Waals surface area contributed by atoms with Gasteiger partial charge in [-0.2, -0.15) is 0 Å². The molecular weight excluding hydrogens is 362 g/mol. The lowest BCUT2D eigenvalue weighted by atomic mass is 9.90. The molecule has 0 aliphatic heterocycles. The Morgan fingerprint density at radius 3 is 2.76 bits per heavy atom. The van der Waals surface area contributed by atoms with Crippen molar-refractivity contribution in [2.24, 2.45) is 7.05 Å². The molecule has 1 N–H and O–H groups in total. The summed E-state index contributed by atoms with van der Waals surface area (Å²) < 4.78 is 7.30. The maximum Gasteiger partial charge on any atom is 0.225 e. The first-order chi connectivity index (χ1) is 14.1. The van der Waals surface area contributed by atoms with E-state index in [1.54, 1.807) is 13.3 Å². The first-order valence-electron chi connectivity index (χ1n) is 10.2. The number of nitrogens with one attached hydrogen (secondary N) is 1. The van der Waals surface area contributed by atoms with E-state index in [-0.39, 0.29) is 11.9 Å². The van der Waals surface area contributed by atoms with Gasteiger partial charge in [-0.25, -0.2) is 4.98 Å². The molecule has 0 unspecified atom stereocenters. The van der Waals surface area contributed by atoms with E-state index >= 15 is 0 Å². The highest BCUT2D eigenvalue weighted by Gasteiger charge is 2.21. The van der Waals surface area contributed by atoms with Gasteiger partial charge in [0.2, 0.25) is 5.91 Å². The highest BCUT2D eigenvalue weighted by molar-refractivity contribution is 5.79. The molecular formula is C24H27N3O2. The predicted octanol–water partition coefficient (Wildman–Crippen LogP) is 3.76. The number of hydrogen-bond acceptors (Lipinski definition) is 3. The monoisotopic (exact) mass is 389 g/mol. The van der Waals surface area contributed by atoms with E-state index in [1.807, 2.05) is 42.1 Å². The molecule has 0 spiro atoms. The molecule has 1 aromatic heterocycles. The van der Waals surface area contributed by atoms with E-state index in [4.69, 9.17) is 4.74 Å². The standard InChI is InChI=1S/C24H27N3O2/c1-27-13-12-25-24(27)23(20-8-5-9-21(16-20)29-2)26-22(28)15-17-10-11-18-6-3-4-7-19(18)14-17/h5,8-14,16,23H,3-4,6-7,15H2,1-2H3,(H,26,28)/t23-/m0/s1. The van der Waals surface area contributed by atoms with Crippen molar-refractivity contribution in [3.63, 3.8) is 0 Å². The van der Waals surface area contributed by atoms with Crippen molar-refractivity contribution in [1.29, 1.82) is 0 Å². The summed E-state index contributed by atoms with van der Waals surface area (Å²) in [6.45, 7) is 0. The number of nitrogens with zero attached hydrogens (tertiary/aromatic N) is 2. The third-order valence-electron chi connectivity index (χ3n) is 5.63. The zero-order valence-corrected chi connectivity index (χ0v) is 17.0. The Morgan fingerprint density at radius 2 is 2.00 bits per heavy atom. The van der Waals surface area contributed by atoms with Crippen LogP contribution in [-0.4, -0.2) is 22.6 Å². The minimum absolute atomic E-state index is 0.0171. The number of aromatic nitrogens is 2. The van der Waals surface area contributed by atoms with Crippen molar-refractivity contribution in [2.75, 3.05) is 7.11 Å². The van der Waals surface area contributed by atoms with Gasteiger partial charge >= 0.3 is 0 Å². The Bertz CT molecular complexity index is 1010. The fourth-order valence-electron chi connectivity index (χ4n) is 4.07. The third-order valence-corrected chi connectivity index (χ3v) is 5.63. The number of fused-ring (bicyclic) bond motifs is 1. The second-order valence-electron chi connectivity index (χ2n) is 7.66. The van der Waals surface area contributed by atoms with Crippen molar-refractivity contribution >= 4 is 5.91 Å².